The van der Waals surface area contributed by atoms with Gasteiger partial charge in [-0.15, -0.1) is 0 Å². The summed E-state index contributed by atoms with van der Waals surface area (Å²) in [5, 5.41) is 11.4. The monoisotopic (exact) mass is 935 g/mol. The van der Waals surface area contributed by atoms with Crippen LogP contribution in [0.25, 0.3) is 110 Å². The Hall–Kier alpha value is -9.92. The first-order chi connectivity index (χ1) is 36.2. The normalized spacial score (nSPS) is 13.9. The summed E-state index contributed by atoms with van der Waals surface area (Å²) < 4.78 is 11.9. The van der Waals surface area contributed by atoms with E-state index in [0.29, 0.717) is 11.7 Å². The van der Waals surface area contributed by atoms with Gasteiger partial charge in [0.2, 0.25) is 0 Å². The Bertz CT molecular complexity index is 4570. The number of hydrogen-bond donors (Lipinski definition) is 1. The van der Waals surface area contributed by atoms with Crippen LogP contribution in [-0.2, 0) is 0 Å². The van der Waals surface area contributed by atoms with E-state index in [0.717, 1.165) is 127 Å². The van der Waals surface area contributed by atoms with E-state index < -0.39 is 6.17 Å². The van der Waals surface area contributed by atoms with Crippen LogP contribution in [-0.4, -0.2) is 30.8 Å². The number of amidine groups is 2. The average Bonchev–Trinajstić information content (AvgIpc) is 4.15. The molecule has 0 spiro atoms. The fourth-order valence-electron chi connectivity index (χ4n) is 11.2. The Balaban J connectivity index is 1.08. The first-order valence-corrected chi connectivity index (χ1v) is 24.6. The summed E-state index contributed by atoms with van der Waals surface area (Å²) in [5.41, 5.74) is 14.4. The van der Waals surface area contributed by atoms with Crippen LogP contribution in [0.2, 0.25) is 0 Å². The van der Waals surface area contributed by atoms with Crippen molar-refractivity contribution in [2.45, 2.75) is 6.17 Å². The minimum absolute atomic E-state index is 0.599. The highest BCUT2D eigenvalue weighted by Crippen LogP contribution is 2.50. The molecular weight excluding hydrogens is 895 g/mol. The molecule has 1 aliphatic rings. The van der Waals surface area contributed by atoms with Crippen LogP contribution in [0.15, 0.2) is 251 Å². The van der Waals surface area contributed by atoms with Crippen molar-refractivity contribution < 1.29 is 4.42 Å². The molecule has 1 unspecified atom stereocenters. The molecule has 0 saturated carbocycles. The number of aliphatic imine (C=N–C) groups is 2. The van der Waals surface area contributed by atoms with E-state index in [4.69, 9.17) is 24.4 Å². The van der Waals surface area contributed by atoms with E-state index in [2.05, 4.69) is 196 Å². The van der Waals surface area contributed by atoms with Gasteiger partial charge in [-0.25, -0.2) is 20.0 Å². The summed E-state index contributed by atoms with van der Waals surface area (Å²) in [5.74, 6) is 1.95. The molecule has 10 aromatic carbocycles. The quantitative estimate of drug-likeness (QED) is 0.172. The summed E-state index contributed by atoms with van der Waals surface area (Å²) in [6.07, 6.45) is -0.610. The number of nitrogens with zero attached hydrogens (tertiary/aromatic N) is 6. The van der Waals surface area contributed by atoms with E-state index in [1.807, 2.05) is 54.6 Å². The second-order valence-electron chi connectivity index (χ2n) is 18.5. The fourth-order valence-corrected chi connectivity index (χ4v) is 11.2. The summed E-state index contributed by atoms with van der Waals surface area (Å²) in [7, 11) is 0. The van der Waals surface area contributed by atoms with Gasteiger partial charge < -0.3 is 18.9 Å². The van der Waals surface area contributed by atoms with Gasteiger partial charge in [-0.2, -0.15) is 0 Å². The summed E-state index contributed by atoms with van der Waals surface area (Å²) in [6.45, 7) is 0. The maximum atomic E-state index is 7.05. The highest BCUT2D eigenvalue weighted by Gasteiger charge is 2.30. The number of fused-ring (bicyclic) bond motifs is 13. The Morgan fingerprint density at radius 2 is 1.00 bits per heavy atom. The maximum absolute atomic E-state index is 7.05. The molecule has 8 nitrogen and oxygen atoms in total. The van der Waals surface area contributed by atoms with E-state index in [9.17, 15) is 0 Å². The van der Waals surface area contributed by atoms with Crippen LogP contribution >= 0.6 is 0 Å². The number of para-hydroxylation sites is 5. The Morgan fingerprint density at radius 1 is 0.438 bits per heavy atom. The topological polar surface area (TPSA) is 85.5 Å². The van der Waals surface area contributed by atoms with Gasteiger partial charge in [-0.05, 0) is 54.6 Å². The molecule has 73 heavy (non-hydrogen) atoms. The van der Waals surface area contributed by atoms with Crippen LogP contribution in [0.1, 0.15) is 22.9 Å². The van der Waals surface area contributed by atoms with E-state index >= 15 is 0 Å². The number of nitrogens with one attached hydrogen (secondary N) is 1. The highest BCUT2D eigenvalue weighted by atomic mass is 16.3. The van der Waals surface area contributed by atoms with Crippen molar-refractivity contribution in [2.75, 3.05) is 0 Å². The zero-order chi connectivity index (χ0) is 48.0. The standard InChI is InChI=1S/C65H41N7O/c1-5-21-40(22-6-1)58-46-29-13-17-33-51(46)66-64(67-58)45-38-37-44(39-50(45)65-69-62(41-23-7-2-8-24-41)68-63(70-65)42-25-9-3-10-26-42)72-52-34-18-14-30-47(52)55-56-49-32-16-20-36-54(49)73-61(56)57-48-31-15-19-35-53(48)71(60(57)59(55)72)43-27-11-4-12-28-43/h1-39,65H,(H,68,69,70). The van der Waals surface area contributed by atoms with Crippen molar-refractivity contribution in [3.63, 3.8) is 0 Å². The molecule has 0 radical (unpaired) electrons. The Kier molecular flexibility index (Phi) is 9.16. The van der Waals surface area contributed by atoms with Crippen molar-refractivity contribution in [1.29, 1.82) is 0 Å². The molecule has 0 saturated heterocycles. The number of benzene rings is 10. The molecule has 1 N–H and O–H groups in total. The SMILES string of the molecule is c1ccc(C2=NC(c3cc(-n4c5ccccc5c5c6c7ccccc7oc6c6c7ccccc7n(-c7ccccc7)c6c54)ccc3-c3nc(-c4ccccc4)c4ccccc4n3)NC(c3ccccc3)=N2)cc1. The van der Waals surface area contributed by atoms with Gasteiger partial charge in [0.25, 0.3) is 0 Å². The molecule has 0 fully saturated rings. The summed E-state index contributed by atoms with van der Waals surface area (Å²) in [4.78, 5) is 21.5. The predicted molar refractivity (Wildman–Crippen MR) is 298 cm³/mol. The molecule has 342 valence electrons. The van der Waals surface area contributed by atoms with Gasteiger partial charge in [0.15, 0.2) is 11.7 Å². The second kappa shape index (κ2) is 16.3. The lowest BCUT2D eigenvalue weighted by Crippen LogP contribution is -2.34. The highest BCUT2D eigenvalue weighted by molar-refractivity contribution is 6.39. The van der Waals surface area contributed by atoms with Crippen molar-refractivity contribution >= 4 is 88.1 Å². The van der Waals surface area contributed by atoms with E-state index in [1.54, 1.807) is 0 Å². The molecule has 0 amide bonds. The van der Waals surface area contributed by atoms with Crippen LogP contribution in [0.3, 0.4) is 0 Å². The van der Waals surface area contributed by atoms with Crippen molar-refractivity contribution in [3.05, 3.63) is 253 Å². The maximum Gasteiger partial charge on any atom is 0.160 e. The lowest BCUT2D eigenvalue weighted by molar-refractivity contribution is 0.673. The molecule has 0 bridgehead atoms. The third kappa shape index (κ3) is 6.40. The zero-order valence-electron chi connectivity index (χ0n) is 39.2. The first-order valence-electron chi connectivity index (χ1n) is 24.6. The molecule has 1 aliphatic heterocycles. The van der Waals surface area contributed by atoms with Crippen LogP contribution in [0.5, 0.6) is 0 Å². The van der Waals surface area contributed by atoms with Crippen LogP contribution in [0.4, 0.5) is 0 Å². The minimum atomic E-state index is -0.610. The summed E-state index contributed by atoms with van der Waals surface area (Å²) >= 11 is 0. The minimum Gasteiger partial charge on any atom is -0.455 e. The fraction of sp³-hybridized carbons (Fsp3) is 0.0154. The number of furan rings is 1. The number of hydrogen-bond acceptors (Lipinski definition) is 6. The van der Waals surface area contributed by atoms with E-state index in [1.165, 1.54) is 0 Å². The van der Waals surface area contributed by atoms with Crippen LogP contribution in [0, 0.1) is 0 Å². The Labute approximate surface area is 418 Å². The van der Waals surface area contributed by atoms with Gasteiger partial charge in [0, 0.05) is 71.5 Å². The summed E-state index contributed by atoms with van der Waals surface area (Å²) in [6, 6.07) is 82.4. The molecule has 14 aromatic rings. The van der Waals surface area contributed by atoms with Gasteiger partial charge in [0.1, 0.15) is 23.2 Å². The van der Waals surface area contributed by atoms with Crippen molar-refractivity contribution in [2.24, 2.45) is 9.98 Å². The van der Waals surface area contributed by atoms with Gasteiger partial charge >= 0.3 is 0 Å². The molecule has 15 rings (SSSR count). The molecule has 8 heteroatoms. The molecular formula is C65H41N7O. The number of aromatic nitrogens is 4. The molecule has 1 atom stereocenters. The van der Waals surface area contributed by atoms with Crippen LogP contribution < -0.4 is 5.32 Å². The predicted octanol–water partition coefficient (Wildman–Crippen LogP) is 15.6. The van der Waals surface area contributed by atoms with Gasteiger partial charge in [-0.3, -0.25) is 0 Å². The first kappa shape index (κ1) is 40.9. The van der Waals surface area contributed by atoms with E-state index in [-0.39, 0.29) is 0 Å². The third-order valence-electron chi connectivity index (χ3n) is 14.4. The molecule has 5 heterocycles. The third-order valence-corrected chi connectivity index (χ3v) is 14.4. The largest absolute Gasteiger partial charge is 0.455 e. The van der Waals surface area contributed by atoms with Gasteiger partial charge in [0.05, 0.1) is 38.7 Å². The Morgan fingerprint density at radius 3 is 1.73 bits per heavy atom. The lowest BCUT2D eigenvalue weighted by atomic mass is 10.00. The van der Waals surface area contributed by atoms with Crippen molar-refractivity contribution in [3.8, 4) is 34.0 Å². The molecule has 4 aromatic heterocycles. The second-order valence-corrected chi connectivity index (χ2v) is 18.5. The average molecular weight is 936 g/mol. The smallest absolute Gasteiger partial charge is 0.160 e. The van der Waals surface area contributed by atoms with Crippen molar-refractivity contribution in [1.82, 2.24) is 24.4 Å². The van der Waals surface area contributed by atoms with Gasteiger partial charge in [-0.1, -0.05) is 182 Å². The zero-order valence-corrected chi connectivity index (χ0v) is 39.2. The molecule has 0 aliphatic carbocycles. The lowest BCUT2D eigenvalue weighted by Gasteiger charge is -2.26. The number of rotatable bonds is 7.